The molecule has 17 heavy (non-hydrogen) atoms. The Bertz CT molecular complexity index is 489. The van der Waals surface area contributed by atoms with Crippen LogP contribution in [0.25, 0.3) is 0 Å². The van der Waals surface area contributed by atoms with Gasteiger partial charge < -0.3 is 10.8 Å². The van der Waals surface area contributed by atoms with E-state index in [-0.39, 0.29) is 12.2 Å². The third kappa shape index (κ3) is 3.65. The highest BCUT2D eigenvalue weighted by atomic mass is 32.2. The molecule has 4 N–H and O–H groups in total. The van der Waals surface area contributed by atoms with Gasteiger partial charge in [0.05, 0.1) is 11.3 Å². The van der Waals surface area contributed by atoms with Crippen LogP contribution in [0.3, 0.4) is 0 Å². The predicted molar refractivity (Wildman–Crippen MR) is 62.3 cm³/mol. The minimum atomic E-state index is -4.06. The van der Waals surface area contributed by atoms with Gasteiger partial charge in [-0.25, -0.2) is 17.5 Å². The van der Waals surface area contributed by atoms with Crippen molar-refractivity contribution in [2.24, 2.45) is 0 Å². The molecule has 1 aromatic rings. The van der Waals surface area contributed by atoms with Gasteiger partial charge in [-0.1, -0.05) is 6.07 Å². The van der Waals surface area contributed by atoms with E-state index in [1.54, 1.807) is 0 Å². The lowest BCUT2D eigenvalue weighted by atomic mass is 10.1. The summed E-state index contributed by atoms with van der Waals surface area (Å²) in [7, 11) is -4.06. The molecule has 0 saturated heterocycles. The van der Waals surface area contributed by atoms with Crippen LogP contribution in [0, 0.1) is 5.82 Å². The number of aliphatic hydroxyl groups is 1. The van der Waals surface area contributed by atoms with Crippen LogP contribution >= 0.6 is 0 Å². The molecule has 0 unspecified atom stereocenters. The number of nitrogens with one attached hydrogen (secondary N) is 1. The van der Waals surface area contributed by atoms with E-state index in [2.05, 4.69) is 4.72 Å². The van der Waals surface area contributed by atoms with E-state index < -0.39 is 26.3 Å². The second-order valence-electron chi connectivity index (χ2n) is 4.30. The largest absolute Gasteiger partial charge is 0.398 e. The van der Waals surface area contributed by atoms with Crippen LogP contribution in [0.15, 0.2) is 23.1 Å². The topological polar surface area (TPSA) is 92.4 Å². The number of nitrogen functional groups attached to an aromatic ring is 1. The van der Waals surface area contributed by atoms with E-state index in [9.17, 15) is 17.9 Å². The van der Waals surface area contributed by atoms with Gasteiger partial charge >= 0.3 is 0 Å². The third-order valence-electron chi connectivity index (χ3n) is 1.96. The van der Waals surface area contributed by atoms with Crippen molar-refractivity contribution in [1.29, 1.82) is 0 Å². The monoisotopic (exact) mass is 262 g/mol. The molecule has 0 aliphatic heterocycles. The van der Waals surface area contributed by atoms with Crippen molar-refractivity contribution in [2.45, 2.75) is 24.3 Å². The van der Waals surface area contributed by atoms with Crippen molar-refractivity contribution in [3.05, 3.63) is 24.0 Å². The molecule has 1 rings (SSSR count). The minimum Gasteiger partial charge on any atom is -0.398 e. The van der Waals surface area contributed by atoms with E-state index in [1.807, 2.05) is 0 Å². The van der Waals surface area contributed by atoms with Crippen LogP contribution < -0.4 is 10.5 Å². The Hall–Kier alpha value is -1.18. The molecule has 0 amide bonds. The normalized spacial score (nSPS) is 12.7. The summed E-state index contributed by atoms with van der Waals surface area (Å²) in [6.45, 7) is 2.63. The lowest BCUT2D eigenvalue weighted by molar-refractivity contribution is 0.0857. The van der Waals surface area contributed by atoms with Crippen LogP contribution in [-0.4, -0.2) is 25.7 Å². The molecule has 0 aliphatic rings. The highest BCUT2D eigenvalue weighted by Crippen LogP contribution is 2.21. The lowest BCUT2D eigenvalue weighted by Gasteiger charge is -2.18. The summed E-state index contributed by atoms with van der Waals surface area (Å²) in [4.78, 5) is -0.593. The van der Waals surface area contributed by atoms with E-state index in [0.717, 1.165) is 6.07 Å². The zero-order chi connectivity index (χ0) is 13.3. The van der Waals surface area contributed by atoms with Gasteiger partial charge in [-0.2, -0.15) is 0 Å². The fourth-order valence-electron chi connectivity index (χ4n) is 1.15. The Kier molecular flexibility index (Phi) is 3.75. The van der Waals surface area contributed by atoms with Crippen LogP contribution in [0.5, 0.6) is 0 Å². The van der Waals surface area contributed by atoms with Crippen molar-refractivity contribution in [1.82, 2.24) is 4.72 Å². The van der Waals surface area contributed by atoms with Crippen LogP contribution in [-0.2, 0) is 10.0 Å². The van der Waals surface area contributed by atoms with Crippen molar-refractivity contribution in [3.8, 4) is 0 Å². The molecule has 0 fully saturated rings. The molecule has 1 aromatic carbocycles. The second-order valence-corrected chi connectivity index (χ2v) is 6.00. The van der Waals surface area contributed by atoms with E-state index in [4.69, 9.17) is 5.73 Å². The summed E-state index contributed by atoms with van der Waals surface area (Å²) in [5.41, 5.74) is 4.02. The molecule has 0 saturated carbocycles. The third-order valence-corrected chi connectivity index (χ3v) is 3.45. The molecule has 0 spiro atoms. The number of hydrogen-bond acceptors (Lipinski definition) is 4. The molecule has 0 aromatic heterocycles. The Labute approximate surface area is 99.5 Å². The van der Waals surface area contributed by atoms with E-state index in [1.165, 1.54) is 26.0 Å². The Morgan fingerprint density at radius 2 is 2.06 bits per heavy atom. The fraction of sp³-hybridized carbons (Fsp3) is 0.400. The highest BCUT2D eigenvalue weighted by molar-refractivity contribution is 7.89. The first-order valence-electron chi connectivity index (χ1n) is 4.89. The van der Waals surface area contributed by atoms with Gasteiger partial charge in [-0.15, -0.1) is 0 Å². The number of benzene rings is 1. The molecular weight excluding hydrogens is 247 g/mol. The average Bonchev–Trinajstić information content (AvgIpc) is 2.13. The maximum Gasteiger partial charge on any atom is 0.245 e. The predicted octanol–water partition coefficient (Wildman–Crippen LogP) is 0.457. The number of hydrogen-bond donors (Lipinski definition) is 3. The molecule has 5 nitrogen and oxygen atoms in total. The fourth-order valence-corrected chi connectivity index (χ4v) is 2.54. The summed E-state index contributed by atoms with van der Waals surface area (Å²) in [5, 5.41) is 9.41. The summed E-state index contributed by atoms with van der Waals surface area (Å²) >= 11 is 0. The van der Waals surface area contributed by atoms with Crippen LogP contribution in [0.1, 0.15) is 13.8 Å². The SMILES string of the molecule is CC(C)(O)CNS(=O)(=O)c1c(N)cccc1F. The molecule has 0 aliphatic carbocycles. The number of nitrogens with two attached hydrogens (primary N) is 1. The molecule has 96 valence electrons. The molecule has 0 bridgehead atoms. The maximum absolute atomic E-state index is 13.4. The molecule has 0 heterocycles. The highest BCUT2D eigenvalue weighted by Gasteiger charge is 2.24. The van der Waals surface area contributed by atoms with Gasteiger partial charge in [0.2, 0.25) is 10.0 Å². The number of sulfonamides is 1. The van der Waals surface area contributed by atoms with E-state index in [0.29, 0.717) is 0 Å². The first-order valence-corrected chi connectivity index (χ1v) is 6.38. The zero-order valence-corrected chi connectivity index (χ0v) is 10.4. The molecule has 0 atom stereocenters. The summed E-state index contributed by atoms with van der Waals surface area (Å²) in [5.74, 6) is -0.923. The minimum absolute atomic E-state index is 0.173. The number of rotatable bonds is 4. The van der Waals surface area contributed by atoms with Gasteiger partial charge in [0, 0.05) is 6.54 Å². The summed E-state index contributed by atoms with van der Waals surface area (Å²) < 4.78 is 39.1. The summed E-state index contributed by atoms with van der Waals surface area (Å²) in [6.07, 6.45) is 0. The molecule has 0 radical (unpaired) electrons. The Morgan fingerprint density at radius 1 is 1.47 bits per heavy atom. The van der Waals surface area contributed by atoms with Crippen molar-refractivity contribution >= 4 is 15.7 Å². The first-order chi connectivity index (χ1) is 7.63. The first kappa shape index (κ1) is 13.9. The standard InChI is InChI=1S/C10H15FN2O3S/c1-10(2,14)6-13-17(15,16)9-7(11)4-3-5-8(9)12/h3-5,13-14H,6,12H2,1-2H3. The van der Waals surface area contributed by atoms with Gasteiger partial charge in [0.25, 0.3) is 0 Å². The Morgan fingerprint density at radius 3 is 2.53 bits per heavy atom. The van der Waals surface area contributed by atoms with Gasteiger partial charge in [-0.05, 0) is 26.0 Å². The summed E-state index contributed by atoms with van der Waals surface area (Å²) in [6, 6.07) is 3.62. The van der Waals surface area contributed by atoms with Gasteiger partial charge in [0.15, 0.2) is 0 Å². The molecular formula is C10H15FN2O3S. The zero-order valence-electron chi connectivity index (χ0n) is 9.57. The van der Waals surface area contributed by atoms with Crippen molar-refractivity contribution in [2.75, 3.05) is 12.3 Å². The van der Waals surface area contributed by atoms with E-state index >= 15 is 0 Å². The van der Waals surface area contributed by atoms with Crippen molar-refractivity contribution < 1.29 is 17.9 Å². The molecule has 7 heteroatoms. The lowest BCUT2D eigenvalue weighted by Crippen LogP contribution is -2.38. The van der Waals surface area contributed by atoms with Crippen LogP contribution in [0.4, 0.5) is 10.1 Å². The smallest absolute Gasteiger partial charge is 0.245 e. The van der Waals surface area contributed by atoms with Crippen molar-refractivity contribution in [3.63, 3.8) is 0 Å². The van der Waals surface area contributed by atoms with Gasteiger partial charge in [0.1, 0.15) is 10.7 Å². The number of halogens is 1. The Balaban J connectivity index is 3.06. The quantitative estimate of drug-likeness (QED) is 0.687. The number of anilines is 1. The second kappa shape index (κ2) is 4.59. The average molecular weight is 262 g/mol. The van der Waals surface area contributed by atoms with Crippen LogP contribution in [0.2, 0.25) is 0 Å². The van der Waals surface area contributed by atoms with Gasteiger partial charge in [-0.3, -0.25) is 0 Å². The maximum atomic E-state index is 13.4.